The van der Waals surface area contributed by atoms with E-state index in [1.807, 2.05) is 24.3 Å². The van der Waals surface area contributed by atoms with E-state index in [4.69, 9.17) is 4.74 Å². The Bertz CT molecular complexity index is 496. The third-order valence-corrected chi connectivity index (χ3v) is 3.04. The lowest BCUT2D eigenvalue weighted by Crippen LogP contribution is -1.92. The third-order valence-electron chi connectivity index (χ3n) is 2.03. The molecule has 1 N–H and O–H groups in total. The number of thiazole rings is 1. The van der Waals surface area contributed by atoms with Crippen LogP contribution in [-0.2, 0) is 4.79 Å². The van der Waals surface area contributed by atoms with Gasteiger partial charge in [-0.1, -0.05) is 23.5 Å². The molecule has 0 saturated carbocycles. The fourth-order valence-electron chi connectivity index (χ4n) is 1.32. The summed E-state index contributed by atoms with van der Waals surface area (Å²) in [6.45, 7) is 0. The van der Waals surface area contributed by atoms with Crippen LogP contribution in [0.15, 0.2) is 30.5 Å². The topological polar surface area (TPSA) is 51.2 Å². The average Bonchev–Trinajstić information content (AvgIpc) is 2.78. The molecule has 1 aromatic carbocycles. The molecule has 1 aromatic heterocycles. The molecule has 0 aliphatic carbocycles. The maximum atomic E-state index is 10.3. The van der Waals surface area contributed by atoms with E-state index >= 15 is 0 Å². The van der Waals surface area contributed by atoms with Gasteiger partial charge in [0.05, 0.1) is 12.0 Å². The summed E-state index contributed by atoms with van der Waals surface area (Å²) in [6.07, 6.45) is 2.41. The number of carbonyl (C=O) groups excluding carboxylic acids is 1. The maximum Gasteiger partial charge on any atom is 0.273 e. The highest BCUT2D eigenvalue weighted by Gasteiger charge is 2.04. The molecule has 0 fully saturated rings. The molecule has 0 radical (unpaired) electrons. The fraction of sp³-hybridized carbons (Fsp3) is 0.0909. The lowest BCUT2D eigenvalue weighted by atomic mass is 10.2. The van der Waals surface area contributed by atoms with Crippen molar-refractivity contribution in [3.63, 3.8) is 0 Å². The SMILES string of the molecule is COc1ncc(-c2cccc(NC=O)c2)s1. The molecule has 0 aliphatic rings. The Balaban J connectivity index is 2.32. The molecule has 2 rings (SSSR count). The monoisotopic (exact) mass is 234 g/mol. The highest BCUT2D eigenvalue weighted by molar-refractivity contribution is 7.16. The number of amides is 1. The van der Waals surface area contributed by atoms with Crippen molar-refractivity contribution in [3.8, 4) is 15.6 Å². The lowest BCUT2D eigenvalue weighted by molar-refractivity contribution is -0.105. The number of ether oxygens (including phenoxy) is 1. The molecule has 0 bridgehead atoms. The minimum atomic E-state index is 0.628. The van der Waals surface area contributed by atoms with Gasteiger partial charge in [0.15, 0.2) is 0 Å². The first kappa shape index (κ1) is 10.6. The van der Waals surface area contributed by atoms with Crippen molar-refractivity contribution in [2.45, 2.75) is 0 Å². The minimum absolute atomic E-state index is 0.628. The Morgan fingerprint density at radius 2 is 2.38 bits per heavy atom. The van der Waals surface area contributed by atoms with Gasteiger partial charge in [0.1, 0.15) is 0 Å². The summed E-state index contributed by atoms with van der Waals surface area (Å²) < 4.78 is 5.03. The predicted molar refractivity (Wildman–Crippen MR) is 63.8 cm³/mol. The van der Waals surface area contributed by atoms with Crippen molar-refractivity contribution >= 4 is 23.4 Å². The molecule has 5 heteroatoms. The number of methoxy groups -OCH3 is 1. The first-order valence-corrected chi connectivity index (χ1v) is 5.45. The van der Waals surface area contributed by atoms with E-state index in [1.165, 1.54) is 11.3 Å². The number of nitrogens with zero attached hydrogens (tertiary/aromatic N) is 1. The minimum Gasteiger partial charge on any atom is -0.473 e. The summed E-state index contributed by atoms with van der Waals surface area (Å²) in [7, 11) is 1.59. The lowest BCUT2D eigenvalue weighted by Gasteiger charge is -2.00. The maximum absolute atomic E-state index is 10.3. The number of rotatable bonds is 4. The van der Waals surface area contributed by atoms with E-state index in [1.54, 1.807) is 13.3 Å². The Hall–Kier alpha value is -1.88. The van der Waals surface area contributed by atoms with Gasteiger partial charge in [-0.3, -0.25) is 4.79 Å². The van der Waals surface area contributed by atoms with Gasteiger partial charge in [-0.15, -0.1) is 0 Å². The van der Waals surface area contributed by atoms with Crippen molar-refractivity contribution in [2.24, 2.45) is 0 Å². The largest absolute Gasteiger partial charge is 0.473 e. The van der Waals surface area contributed by atoms with Crippen LogP contribution in [0.25, 0.3) is 10.4 Å². The predicted octanol–water partition coefficient (Wildman–Crippen LogP) is 2.39. The highest BCUT2D eigenvalue weighted by atomic mass is 32.1. The second kappa shape index (κ2) is 4.76. The van der Waals surface area contributed by atoms with Crippen LogP contribution in [0.3, 0.4) is 0 Å². The van der Waals surface area contributed by atoms with Crippen LogP contribution in [0.5, 0.6) is 5.19 Å². The average molecular weight is 234 g/mol. The third kappa shape index (κ3) is 2.20. The van der Waals surface area contributed by atoms with Crippen LogP contribution < -0.4 is 10.1 Å². The van der Waals surface area contributed by atoms with Crippen molar-refractivity contribution in [1.29, 1.82) is 0 Å². The molecular weight excluding hydrogens is 224 g/mol. The Labute approximate surface area is 96.9 Å². The molecule has 0 spiro atoms. The molecule has 4 nitrogen and oxygen atoms in total. The second-order valence-corrected chi connectivity index (χ2v) is 4.03. The molecule has 0 saturated heterocycles. The number of benzene rings is 1. The Morgan fingerprint density at radius 1 is 1.50 bits per heavy atom. The number of hydrogen-bond acceptors (Lipinski definition) is 4. The number of anilines is 1. The normalized spacial score (nSPS) is 9.81. The molecule has 0 aliphatic heterocycles. The summed E-state index contributed by atoms with van der Waals surface area (Å²) in [5.74, 6) is 0. The van der Waals surface area contributed by atoms with Gasteiger partial charge in [0.2, 0.25) is 6.41 Å². The van der Waals surface area contributed by atoms with E-state index in [2.05, 4.69) is 10.3 Å². The molecule has 1 heterocycles. The van der Waals surface area contributed by atoms with Gasteiger partial charge in [-0.25, -0.2) is 4.98 Å². The van der Waals surface area contributed by atoms with Crippen molar-refractivity contribution < 1.29 is 9.53 Å². The summed E-state index contributed by atoms with van der Waals surface area (Å²) in [6, 6.07) is 7.56. The fourth-order valence-corrected chi connectivity index (χ4v) is 2.04. The molecule has 0 unspecified atom stereocenters. The van der Waals surface area contributed by atoms with Crippen molar-refractivity contribution in [1.82, 2.24) is 4.98 Å². The van der Waals surface area contributed by atoms with E-state index in [9.17, 15) is 4.79 Å². The second-order valence-electron chi connectivity index (χ2n) is 3.04. The number of aromatic nitrogens is 1. The van der Waals surface area contributed by atoms with E-state index < -0.39 is 0 Å². The van der Waals surface area contributed by atoms with Gasteiger partial charge in [-0.05, 0) is 17.7 Å². The van der Waals surface area contributed by atoms with Crippen LogP contribution >= 0.6 is 11.3 Å². The first-order valence-electron chi connectivity index (χ1n) is 4.64. The van der Waals surface area contributed by atoms with Crippen LogP contribution in [0.4, 0.5) is 5.69 Å². The summed E-state index contributed by atoms with van der Waals surface area (Å²) in [4.78, 5) is 15.4. The zero-order chi connectivity index (χ0) is 11.4. The summed E-state index contributed by atoms with van der Waals surface area (Å²) in [5.41, 5.74) is 1.77. The number of carbonyl (C=O) groups is 1. The quantitative estimate of drug-likeness (QED) is 0.826. The molecule has 1 amide bonds. The van der Waals surface area contributed by atoms with Gasteiger partial charge < -0.3 is 10.1 Å². The highest BCUT2D eigenvalue weighted by Crippen LogP contribution is 2.31. The molecular formula is C11H10N2O2S. The molecule has 0 atom stereocenters. The van der Waals surface area contributed by atoms with Gasteiger partial charge in [0.25, 0.3) is 5.19 Å². The summed E-state index contributed by atoms with van der Waals surface area (Å²) in [5, 5.41) is 3.24. The van der Waals surface area contributed by atoms with Gasteiger partial charge >= 0.3 is 0 Å². The Kier molecular flexibility index (Phi) is 3.16. The van der Waals surface area contributed by atoms with Crippen LogP contribution in [0.2, 0.25) is 0 Å². The standard InChI is InChI=1S/C11H10N2O2S/c1-15-11-12-6-10(16-11)8-3-2-4-9(5-8)13-7-14/h2-7H,1H3,(H,13,14). The van der Waals surface area contributed by atoms with E-state index in [0.717, 1.165) is 16.1 Å². The Morgan fingerprint density at radius 3 is 3.06 bits per heavy atom. The molecule has 82 valence electrons. The van der Waals surface area contributed by atoms with E-state index in [0.29, 0.717) is 11.6 Å². The van der Waals surface area contributed by atoms with Crippen molar-refractivity contribution in [2.75, 3.05) is 12.4 Å². The smallest absolute Gasteiger partial charge is 0.273 e. The molecule has 16 heavy (non-hydrogen) atoms. The number of hydrogen-bond donors (Lipinski definition) is 1. The van der Waals surface area contributed by atoms with Gasteiger partial charge in [0, 0.05) is 11.9 Å². The molecule has 2 aromatic rings. The first-order chi connectivity index (χ1) is 7.83. The zero-order valence-corrected chi connectivity index (χ0v) is 9.45. The van der Waals surface area contributed by atoms with Gasteiger partial charge in [-0.2, -0.15) is 0 Å². The van der Waals surface area contributed by atoms with Crippen molar-refractivity contribution in [3.05, 3.63) is 30.5 Å². The van der Waals surface area contributed by atoms with Crippen LogP contribution in [-0.4, -0.2) is 18.5 Å². The van der Waals surface area contributed by atoms with E-state index in [-0.39, 0.29) is 0 Å². The summed E-state index contributed by atoms with van der Waals surface area (Å²) >= 11 is 1.46. The van der Waals surface area contributed by atoms with Crippen LogP contribution in [0, 0.1) is 0 Å². The number of nitrogens with one attached hydrogen (secondary N) is 1. The zero-order valence-electron chi connectivity index (χ0n) is 8.64. The van der Waals surface area contributed by atoms with Crippen LogP contribution in [0.1, 0.15) is 0 Å².